The van der Waals surface area contributed by atoms with Crippen molar-refractivity contribution in [3.63, 3.8) is 0 Å². The van der Waals surface area contributed by atoms with Gasteiger partial charge in [-0.1, -0.05) is 19.1 Å². The molecule has 5 rings (SSSR count). The molecule has 0 bridgehead atoms. The summed E-state index contributed by atoms with van der Waals surface area (Å²) >= 11 is 0. The van der Waals surface area contributed by atoms with Gasteiger partial charge in [0.15, 0.2) is 5.82 Å². The molecule has 2 aromatic carbocycles. The second-order valence-corrected chi connectivity index (χ2v) is 9.49. The minimum absolute atomic E-state index is 0.104. The highest BCUT2D eigenvalue weighted by atomic mass is 16.5. The predicted octanol–water partition coefficient (Wildman–Crippen LogP) is 2.92. The van der Waals surface area contributed by atoms with Gasteiger partial charge in [-0.2, -0.15) is 0 Å². The third-order valence-corrected chi connectivity index (χ3v) is 7.30. The summed E-state index contributed by atoms with van der Waals surface area (Å²) in [4.78, 5) is 21.4. The van der Waals surface area contributed by atoms with Gasteiger partial charge in [-0.3, -0.25) is 9.69 Å². The summed E-state index contributed by atoms with van der Waals surface area (Å²) in [6, 6.07) is 13.7. The van der Waals surface area contributed by atoms with Crippen LogP contribution in [0.4, 0.5) is 0 Å². The number of aromatic amines is 1. The van der Waals surface area contributed by atoms with Crippen molar-refractivity contribution in [2.75, 3.05) is 39.8 Å². The number of fused-ring (bicyclic) bond motifs is 1. The normalized spacial score (nSPS) is 15.9. The molecule has 1 atom stereocenters. The molecule has 0 saturated carbocycles. The van der Waals surface area contributed by atoms with Crippen molar-refractivity contribution in [3.8, 4) is 5.75 Å². The van der Waals surface area contributed by atoms with Crippen molar-refractivity contribution in [2.45, 2.75) is 33.4 Å². The van der Waals surface area contributed by atoms with Crippen LogP contribution in [0, 0.1) is 13.8 Å². The van der Waals surface area contributed by atoms with Crippen molar-refractivity contribution in [1.29, 1.82) is 0 Å². The molecule has 1 aliphatic heterocycles. The van der Waals surface area contributed by atoms with E-state index in [0.29, 0.717) is 17.9 Å². The number of ether oxygens (including phenoxy) is 1. The standard InChI is InChI=1S/C27H33N7O2/c1-5-32-10-12-33(13-11-32)25(23-16-21-14-18(2)19(3)15-24(21)28-27(23)35)26-29-30-31-34(26)17-20-6-8-22(36-4)9-7-20/h6-9,14-16,25H,5,10-13,17H2,1-4H3,(H,28,35). The van der Waals surface area contributed by atoms with Crippen LogP contribution in [0.3, 0.4) is 0 Å². The SMILES string of the molecule is CCN1CCN(C(c2cc3cc(C)c(C)cc3[nH]c2=O)c2nnnn2Cc2ccc(OC)cc2)CC1. The molecule has 1 N–H and O–H groups in total. The molecule has 1 aliphatic rings. The molecule has 0 amide bonds. The quantitative estimate of drug-likeness (QED) is 0.429. The first kappa shape index (κ1) is 24.1. The van der Waals surface area contributed by atoms with Crippen LogP contribution < -0.4 is 10.3 Å². The van der Waals surface area contributed by atoms with Crippen molar-refractivity contribution in [1.82, 2.24) is 35.0 Å². The Labute approximate surface area is 210 Å². The Bertz CT molecular complexity index is 1400. The minimum atomic E-state index is -0.355. The maximum Gasteiger partial charge on any atom is 0.253 e. The fraction of sp³-hybridized carbons (Fsp3) is 0.407. The molecule has 9 heteroatoms. The molecular weight excluding hydrogens is 454 g/mol. The Balaban J connectivity index is 1.58. The van der Waals surface area contributed by atoms with Crippen LogP contribution in [0.1, 0.15) is 41.0 Å². The third-order valence-electron chi connectivity index (χ3n) is 7.30. The zero-order valence-corrected chi connectivity index (χ0v) is 21.4. The van der Waals surface area contributed by atoms with Crippen molar-refractivity contribution in [2.24, 2.45) is 0 Å². The van der Waals surface area contributed by atoms with Crippen molar-refractivity contribution < 1.29 is 4.74 Å². The molecule has 1 unspecified atom stereocenters. The lowest BCUT2D eigenvalue weighted by molar-refractivity contribution is 0.108. The molecule has 4 aromatic rings. The number of aromatic nitrogens is 5. The fourth-order valence-corrected chi connectivity index (χ4v) is 4.96. The van der Waals surface area contributed by atoms with Gasteiger partial charge in [0.1, 0.15) is 11.8 Å². The number of benzene rings is 2. The predicted molar refractivity (Wildman–Crippen MR) is 139 cm³/mol. The smallest absolute Gasteiger partial charge is 0.253 e. The van der Waals surface area contributed by atoms with Gasteiger partial charge in [0.05, 0.1) is 13.7 Å². The molecule has 3 heterocycles. The van der Waals surface area contributed by atoms with E-state index in [0.717, 1.165) is 60.5 Å². The number of nitrogens with one attached hydrogen (secondary N) is 1. The molecular formula is C27H33N7O2. The lowest BCUT2D eigenvalue weighted by Gasteiger charge is -2.38. The van der Waals surface area contributed by atoms with E-state index in [1.807, 2.05) is 41.1 Å². The van der Waals surface area contributed by atoms with Crippen LogP contribution in [0.25, 0.3) is 10.9 Å². The lowest BCUT2D eigenvalue weighted by atomic mass is 10.00. The molecule has 1 fully saturated rings. The Morgan fingerprint density at radius 1 is 1.03 bits per heavy atom. The van der Waals surface area contributed by atoms with E-state index in [2.05, 4.69) is 57.1 Å². The van der Waals surface area contributed by atoms with Crippen LogP contribution >= 0.6 is 0 Å². The highest BCUT2D eigenvalue weighted by molar-refractivity contribution is 5.81. The largest absolute Gasteiger partial charge is 0.497 e. The number of hydrogen-bond acceptors (Lipinski definition) is 7. The topological polar surface area (TPSA) is 92.2 Å². The molecule has 2 aromatic heterocycles. The van der Waals surface area contributed by atoms with Crippen LogP contribution in [0.2, 0.25) is 0 Å². The van der Waals surface area contributed by atoms with Crippen LogP contribution in [0.5, 0.6) is 5.75 Å². The first-order chi connectivity index (χ1) is 17.5. The summed E-state index contributed by atoms with van der Waals surface area (Å²) in [6.45, 7) is 11.4. The summed E-state index contributed by atoms with van der Waals surface area (Å²) < 4.78 is 7.10. The average Bonchev–Trinajstić information content (AvgIpc) is 3.34. The summed E-state index contributed by atoms with van der Waals surface area (Å²) in [5.41, 5.74) is 4.81. The van der Waals surface area contributed by atoms with E-state index in [4.69, 9.17) is 4.74 Å². The Morgan fingerprint density at radius 2 is 1.75 bits per heavy atom. The number of nitrogens with zero attached hydrogens (tertiary/aromatic N) is 6. The number of methoxy groups -OCH3 is 1. The second-order valence-electron chi connectivity index (χ2n) is 9.49. The highest BCUT2D eigenvalue weighted by Gasteiger charge is 2.32. The zero-order valence-electron chi connectivity index (χ0n) is 21.4. The molecule has 188 valence electrons. The van der Waals surface area contributed by atoms with E-state index in [-0.39, 0.29) is 11.6 Å². The van der Waals surface area contributed by atoms with Gasteiger partial charge in [0, 0.05) is 37.3 Å². The number of piperazine rings is 1. The Hall–Kier alpha value is -3.56. The number of tetrazole rings is 1. The first-order valence-corrected chi connectivity index (χ1v) is 12.5. The Morgan fingerprint density at radius 3 is 2.44 bits per heavy atom. The molecule has 0 radical (unpaired) electrons. The van der Waals surface area contributed by atoms with E-state index in [1.165, 1.54) is 5.56 Å². The van der Waals surface area contributed by atoms with E-state index in [9.17, 15) is 4.79 Å². The van der Waals surface area contributed by atoms with Gasteiger partial charge in [0.25, 0.3) is 5.56 Å². The van der Waals surface area contributed by atoms with E-state index >= 15 is 0 Å². The number of hydrogen-bond donors (Lipinski definition) is 1. The molecule has 0 aliphatic carbocycles. The van der Waals surface area contributed by atoms with Gasteiger partial charge in [-0.15, -0.1) is 5.10 Å². The van der Waals surface area contributed by atoms with Gasteiger partial charge >= 0.3 is 0 Å². The number of H-pyrrole nitrogens is 1. The first-order valence-electron chi connectivity index (χ1n) is 12.5. The number of pyridine rings is 1. The van der Waals surface area contributed by atoms with Gasteiger partial charge in [0.2, 0.25) is 0 Å². The summed E-state index contributed by atoms with van der Waals surface area (Å²) in [5, 5.41) is 13.8. The summed E-state index contributed by atoms with van der Waals surface area (Å²) in [7, 11) is 1.65. The van der Waals surface area contributed by atoms with Crippen LogP contribution in [0.15, 0.2) is 47.3 Å². The van der Waals surface area contributed by atoms with E-state index in [1.54, 1.807) is 7.11 Å². The monoisotopic (exact) mass is 487 g/mol. The van der Waals surface area contributed by atoms with Crippen LogP contribution in [-0.2, 0) is 6.54 Å². The number of likely N-dealkylation sites (N-methyl/N-ethyl adjacent to an activating group) is 1. The Kier molecular flexibility index (Phi) is 6.84. The maximum absolute atomic E-state index is 13.5. The third kappa shape index (κ3) is 4.76. The van der Waals surface area contributed by atoms with Crippen molar-refractivity contribution >= 4 is 10.9 Å². The summed E-state index contributed by atoms with van der Waals surface area (Å²) in [5.74, 6) is 1.47. The van der Waals surface area contributed by atoms with E-state index < -0.39 is 0 Å². The molecule has 0 spiro atoms. The highest BCUT2D eigenvalue weighted by Crippen LogP contribution is 2.29. The number of rotatable bonds is 7. The van der Waals surface area contributed by atoms with Gasteiger partial charge in [-0.25, -0.2) is 4.68 Å². The van der Waals surface area contributed by atoms with Crippen LogP contribution in [-0.4, -0.2) is 74.8 Å². The number of aryl methyl sites for hydroxylation is 2. The summed E-state index contributed by atoms with van der Waals surface area (Å²) in [6.07, 6.45) is 0. The fourth-order valence-electron chi connectivity index (χ4n) is 4.96. The van der Waals surface area contributed by atoms with Gasteiger partial charge in [-0.05, 0) is 83.2 Å². The minimum Gasteiger partial charge on any atom is -0.497 e. The second kappa shape index (κ2) is 10.2. The molecule has 36 heavy (non-hydrogen) atoms. The maximum atomic E-state index is 13.5. The zero-order chi connectivity index (χ0) is 25.2. The molecule has 1 saturated heterocycles. The van der Waals surface area contributed by atoms with Gasteiger partial charge < -0.3 is 14.6 Å². The van der Waals surface area contributed by atoms with Crippen molar-refractivity contribution in [3.05, 3.63) is 80.9 Å². The average molecular weight is 488 g/mol. The molecule has 9 nitrogen and oxygen atoms in total. The lowest BCUT2D eigenvalue weighted by Crippen LogP contribution is -2.49.